The minimum Gasteiger partial charge on any atom is -0.320 e. The molecule has 1 N–H and O–H groups in total. The third-order valence-electron chi connectivity index (χ3n) is 2.59. The fraction of sp³-hybridized carbons (Fsp3) is 0. The zero-order valence-electron chi connectivity index (χ0n) is 10.3. The molecule has 3 rings (SSSR count). The second-order valence-electron chi connectivity index (χ2n) is 3.94. The molecular weight excluding hydrogens is 256 g/mol. The summed E-state index contributed by atoms with van der Waals surface area (Å²) in [5, 5.41) is 10.6. The molecule has 0 saturated carbocycles. The van der Waals surface area contributed by atoms with E-state index in [0.29, 0.717) is 11.5 Å². The van der Waals surface area contributed by atoms with Crippen LogP contribution < -0.4 is 5.32 Å². The molecule has 3 heterocycles. The molecule has 0 aliphatic rings. The standard InChI is InChI=1S/C13H10N6O/c20-13(16-10-3-5-14-6-4-10)11-1-2-12(18-17-11)19-8-7-15-9-19/h1-9H,(H,14,16,20). The van der Waals surface area contributed by atoms with Crippen LogP contribution in [0, 0.1) is 0 Å². The van der Waals surface area contributed by atoms with Crippen LogP contribution in [0.25, 0.3) is 5.82 Å². The van der Waals surface area contributed by atoms with E-state index in [0.717, 1.165) is 0 Å². The minimum absolute atomic E-state index is 0.241. The normalized spacial score (nSPS) is 10.2. The zero-order valence-corrected chi connectivity index (χ0v) is 10.3. The van der Waals surface area contributed by atoms with Crippen molar-refractivity contribution in [2.24, 2.45) is 0 Å². The topological polar surface area (TPSA) is 85.6 Å². The lowest BCUT2D eigenvalue weighted by Crippen LogP contribution is -2.14. The Morgan fingerprint density at radius 3 is 2.50 bits per heavy atom. The molecule has 0 aliphatic carbocycles. The van der Waals surface area contributed by atoms with Gasteiger partial charge in [-0.2, -0.15) is 0 Å². The second-order valence-corrected chi connectivity index (χ2v) is 3.94. The van der Waals surface area contributed by atoms with Crippen LogP contribution in [-0.2, 0) is 0 Å². The fourth-order valence-corrected chi connectivity index (χ4v) is 1.61. The lowest BCUT2D eigenvalue weighted by molar-refractivity contribution is 0.102. The molecular formula is C13H10N6O. The molecule has 0 unspecified atom stereocenters. The van der Waals surface area contributed by atoms with Crippen LogP contribution in [0.3, 0.4) is 0 Å². The first-order chi connectivity index (χ1) is 9.83. The number of aromatic nitrogens is 5. The van der Waals surface area contributed by atoms with Gasteiger partial charge in [-0.15, -0.1) is 10.2 Å². The summed E-state index contributed by atoms with van der Waals surface area (Å²) in [5.74, 6) is 0.281. The minimum atomic E-state index is -0.319. The number of hydrogen-bond donors (Lipinski definition) is 1. The van der Waals surface area contributed by atoms with Crippen molar-refractivity contribution in [1.29, 1.82) is 0 Å². The molecule has 0 fully saturated rings. The number of hydrogen-bond acceptors (Lipinski definition) is 5. The van der Waals surface area contributed by atoms with Crippen LogP contribution in [0.2, 0.25) is 0 Å². The molecule has 98 valence electrons. The first kappa shape index (κ1) is 12.0. The highest BCUT2D eigenvalue weighted by Gasteiger charge is 2.08. The lowest BCUT2D eigenvalue weighted by atomic mass is 10.3. The monoisotopic (exact) mass is 266 g/mol. The van der Waals surface area contributed by atoms with Gasteiger partial charge in [-0.25, -0.2) is 4.98 Å². The molecule has 1 amide bonds. The largest absolute Gasteiger partial charge is 0.320 e. The quantitative estimate of drug-likeness (QED) is 0.772. The van der Waals surface area contributed by atoms with Crippen LogP contribution in [0.1, 0.15) is 10.5 Å². The van der Waals surface area contributed by atoms with E-state index < -0.39 is 0 Å². The van der Waals surface area contributed by atoms with Crippen molar-refractivity contribution >= 4 is 11.6 Å². The fourth-order valence-electron chi connectivity index (χ4n) is 1.61. The van der Waals surface area contributed by atoms with Gasteiger partial charge in [0, 0.05) is 30.5 Å². The summed E-state index contributed by atoms with van der Waals surface area (Å²) < 4.78 is 1.71. The average Bonchev–Trinajstić information content (AvgIpc) is 3.03. The maximum absolute atomic E-state index is 12.0. The van der Waals surface area contributed by atoms with E-state index in [1.54, 1.807) is 59.9 Å². The molecule has 0 saturated heterocycles. The number of carbonyl (C=O) groups is 1. The molecule has 0 aliphatic heterocycles. The van der Waals surface area contributed by atoms with E-state index in [1.165, 1.54) is 0 Å². The average molecular weight is 266 g/mol. The van der Waals surface area contributed by atoms with Gasteiger partial charge >= 0.3 is 0 Å². The molecule has 7 nitrogen and oxygen atoms in total. The van der Waals surface area contributed by atoms with Crippen molar-refractivity contribution in [2.45, 2.75) is 0 Å². The van der Waals surface area contributed by atoms with E-state index in [2.05, 4.69) is 25.5 Å². The molecule has 0 spiro atoms. The van der Waals surface area contributed by atoms with Crippen LogP contribution in [-0.4, -0.2) is 30.6 Å². The highest BCUT2D eigenvalue weighted by atomic mass is 16.1. The van der Waals surface area contributed by atoms with Gasteiger partial charge in [-0.1, -0.05) is 0 Å². The van der Waals surface area contributed by atoms with Crippen molar-refractivity contribution in [2.75, 3.05) is 5.32 Å². The van der Waals surface area contributed by atoms with Gasteiger partial charge < -0.3 is 5.32 Å². The zero-order chi connectivity index (χ0) is 13.8. The summed E-state index contributed by atoms with van der Waals surface area (Å²) in [4.78, 5) is 19.8. The smallest absolute Gasteiger partial charge is 0.276 e. The summed E-state index contributed by atoms with van der Waals surface area (Å²) in [7, 11) is 0. The first-order valence-electron chi connectivity index (χ1n) is 5.86. The predicted molar refractivity (Wildman–Crippen MR) is 71.3 cm³/mol. The number of rotatable bonds is 3. The predicted octanol–water partition coefficient (Wildman–Crippen LogP) is 1.31. The van der Waals surface area contributed by atoms with Crippen LogP contribution in [0.15, 0.2) is 55.4 Å². The third-order valence-corrected chi connectivity index (χ3v) is 2.59. The van der Waals surface area contributed by atoms with Crippen LogP contribution in [0.4, 0.5) is 5.69 Å². The Morgan fingerprint density at radius 2 is 1.85 bits per heavy atom. The number of carbonyl (C=O) groups excluding carboxylic acids is 1. The highest BCUT2D eigenvalue weighted by Crippen LogP contribution is 2.07. The van der Waals surface area contributed by atoms with Gasteiger partial charge in [0.15, 0.2) is 11.5 Å². The molecule has 0 aromatic carbocycles. The van der Waals surface area contributed by atoms with Crippen molar-refractivity contribution in [1.82, 2.24) is 24.7 Å². The molecule has 3 aromatic rings. The molecule has 0 bridgehead atoms. The Bertz CT molecular complexity index is 693. The van der Waals surface area contributed by atoms with E-state index in [-0.39, 0.29) is 11.6 Å². The molecule has 0 radical (unpaired) electrons. The number of anilines is 1. The SMILES string of the molecule is O=C(Nc1ccncc1)c1ccc(-n2ccnc2)nn1. The van der Waals surface area contributed by atoms with Gasteiger partial charge in [0.2, 0.25) is 0 Å². The Kier molecular flexibility index (Phi) is 3.15. The van der Waals surface area contributed by atoms with Crippen molar-refractivity contribution in [3.05, 3.63) is 61.1 Å². The third kappa shape index (κ3) is 2.51. The van der Waals surface area contributed by atoms with Gasteiger partial charge in [-0.05, 0) is 24.3 Å². The van der Waals surface area contributed by atoms with Gasteiger partial charge in [0.25, 0.3) is 5.91 Å². The molecule has 20 heavy (non-hydrogen) atoms. The Balaban J connectivity index is 1.76. The molecule has 0 atom stereocenters. The number of pyridine rings is 1. The van der Waals surface area contributed by atoms with Crippen LogP contribution >= 0.6 is 0 Å². The lowest BCUT2D eigenvalue weighted by Gasteiger charge is -2.04. The van der Waals surface area contributed by atoms with Gasteiger partial charge in [0.05, 0.1) is 0 Å². The maximum Gasteiger partial charge on any atom is 0.276 e. The Morgan fingerprint density at radius 1 is 1.00 bits per heavy atom. The summed E-state index contributed by atoms with van der Waals surface area (Å²) >= 11 is 0. The van der Waals surface area contributed by atoms with E-state index in [1.807, 2.05) is 0 Å². The summed E-state index contributed by atoms with van der Waals surface area (Å²) in [6, 6.07) is 6.71. The van der Waals surface area contributed by atoms with E-state index in [4.69, 9.17) is 0 Å². The number of nitrogens with one attached hydrogen (secondary N) is 1. The van der Waals surface area contributed by atoms with Crippen LogP contribution in [0.5, 0.6) is 0 Å². The summed E-state index contributed by atoms with van der Waals surface area (Å²) in [5.41, 5.74) is 0.899. The first-order valence-corrected chi connectivity index (χ1v) is 5.86. The molecule has 3 aromatic heterocycles. The Labute approximate surface area is 114 Å². The Hall–Kier alpha value is -3.09. The summed E-state index contributed by atoms with van der Waals surface area (Å²) in [6.45, 7) is 0. The van der Waals surface area contributed by atoms with E-state index >= 15 is 0 Å². The number of nitrogens with zero attached hydrogens (tertiary/aromatic N) is 5. The molecule has 7 heteroatoms. The number of amides is 1. The number of imidazole rings is 1. The van der Waals surface area contributed by atoms with Crippen molar-refractivity contribution in [3.8, 4) is 5.82 Å². The highest BCUT2D eigenvalue weighted by molar-refractivity contribution is 6.02. The van der Waals surface area contributed by atoms with Crippen molar-refractivity contribution in [3.63, 3.8) is 0 Å². The maximum atomic E-state index is 12.0. The van der Waals surface area contributed by atoms with Crippen molar-refractivity contribution < 1.29 is 4.79 Å². The second kappa shape index (κ2) is 5.27. The van der Waals surface area contributed by atoms with Gasteiger partial charge in [-0.3, -0.25) is 14.3 Å². The summed E-state index contributed by atoms with van der Waals surface area (Å²) in [6.07, 6.45) is 8.21. The van der Waals surface area contributed by atoms with E-state index in [9.17, 15) is 4.79 Å². The van der Waals surface area contributed by atoms with Gasteiger partial charge in [0.1, 0.15) is 6.33 Å².